The number of hydrogen-bond donors (Lipinski definition) is 0. The minimum Gasteiger partial charge on any atom is -0.273 e. The summed E-state index contributed by atoms with van der Waals surface area (Å²) in [5.74, 6) is 0. The first kappa shape index (κ1) is 15.6. The monoisotopic (exact) mass is 330 g/mol. The quantitative estimate of drug-likeness (QED) is 0.720. The smallest absolute Gasteiger partial charge is 0.245 e. The van der Waals surface area contributed by atoms with E-state index < -0.39 is 10.0 Å². The molecule has 2 heterocycles. The van der Waals surface area contributed by atoms with E-state index in [2.05, 4.69) is 10.1 Å². The van der Waals surface area contributed by atoms with Crippen LogP contribution in [0.15, 0.2) is 53.8 Å². The molecule has 0 fully saturated rings. The van der Waals surface area contributed by atoms with Crippen LogP contribution in [0.25, 0.3) is 10.9 Å². The van der Waals surface area contributed by atoms with Gasteiger partial charge in [0, 0.05) is 43.5 Å². The number of aromatic nitrogens is 3. The minimum absolute atomic E-state index is 0.223. The lowest BCUT2D eigenvalue weighted by molar-refractivity contribution is 0.467. The Hall–Kier alpha value is -2.25. The summed E-state index contributed by atoms with van der Waals surface area (Å²) in [5.41, 5.74) is 1.34. The number of sulfonamides is 1. The normalized spacial score (nSPS) is 12.1. The highest BCUT2D eigenvalue weighted by atomic mass is 32.2. The van der Waals surface area contributed by atoms with Gasteiger partial charge in [-0.05, 0) is 19.1 Å². The summed E-state index contributed by atoms with van der Waals surface area (Å²) in [6.07, 6.45) is 5.15. The molecular weight excluding hydrogens is 312 g/mol. The molecule has 7 heteroatoms. The predicted molar refractivity (Wildman–Crippen MR) is 88.3 cm³/mol. The fourth-order valence-electron chi connectivity index (χ4n) is 2.46. The SMILES string of the molecule is CCn1cc(CN(C)S(=O)(=O)c2cccc3cccnc23)cn1. The number of benzene rings is 1. The van der Waals surface area contributed by atoms with Crippen LogP contribution in [0.1, 0.15) is 12.5 Å². The molecule has 2 aromatic heterocycles. The second-order valence-corrected chi connectivity index (χ2v) is 7.31. The third-order valence-corrected chi connectivity index (χ3v) is 5.53. The Morgan fingerprint density at radius 2 is 2.00 bits per heavy atom. The molecule has 3 aromatic rings. The number of nitrogens with zero attached hydrogens (tertiary/aromatic N) is 4. The van der Waals surface area contributed by atoms with E-state index in [1.807, 2.05) is 25.3 Å². The molecule has 3 rings (SSSR count). The van der Waals surface area contributed by atoms with Gasteiger partial charge in [0.15, 0.2) is 0 Å². The Labute approximate surface area is 135 Å². The third kappa shape index (κ3) is 2.97. The zero-order valence-electron chi connectivity index (χ0n) is 13.0. The molecule has 0 aliphatic heterocycles. The Bertz CT molecular complexity index is 929. The summed E-state index contributed by atoms with van der Waals surface area (Å²) < 4.78 is 28.9. The van der Waals surface area contributed by atoms with Crippen molar-refractivity contribution in [3.8, 4) is 0 Å². The summed E-state index contributed by atoms with van der Waals surface area (Å²) in [5, 5.41) is 4.98. The highest BCUT2D eigenvalue weighted by Gasteiger charge is 2.24. The van der Waals surface area contributed by atoms with E-state index in [0.29, 0.717) is 5.52 Å². The molecule has 120 valence electrons. The molecule has 0 spiro atoms. The maximum atomic E-state index is 12.9. The van der Waals surface area contributed by atoms with Gasteiger partial charge in [0.25, 0.3) is 0 Å². The number of fused-ring (bicyclic) bond motifs is 1. The number of aryl methyl sites for hydroxylation is 1. The van der Waals surface area contributed by atoms with Gasteiger partial charge in [-0.3, -0.25) is 9.67 Å². The van der Waals surface area contributed by atoms with E-state index in [4.69, 9.17) is 0 Å². The van der Waals surface area contributed by atoms with Gasteiger partial charge in [-0.25, -0.2) is 8.42 Å². The van der Waals surface area contributed by atoms with Gasteiger partial charge in [-0.1, -0.05) is 18.2 Å². The van der Waals surface area contributed by atoms with Crippen molar-refractivity contribution >= 4 is 20.9 Å². The molecule has 0 saturated heterocycles. The molecule has 0 aliphatic carbocycles. The topological polar surface area (TPSA) is 68.1 Å². The number of para-hydroxylation sites is 1. The van der Waals surface area contributed by atoms with Crippen molar-refractivity contribution in [2.75, 3.05) is 7.05 Å². The van der Waals surface area contributed by atoms with E-state index in [1.54, 1.807) is 42.3 Å². The van der Waals surface area contributed by atoms with Gasteiger partial charge < -0.3 is 0 Å². The fourth-order valence-corrected chi connectivity index (χ4v) is 3.78. The molecule has 0 radical (unpaired) electrons. The van der Waals surface area contributed by atoms with Gasteiger partial charge in [0.05, 0.1) is 11.7 Å². The average molecular weight is 330 g/mol. The number of rotatable bonds is 5. The van der Waals surface area contributed by atoms with Gasteiger partial charge in [-0.2, -0.15) is 9.40 Å². The van der Waals surface area contributed by atoms with E-state index in [9.17, 15) is 8.42 Å². The molecule has 0 saturated carbocycles. The summed E-state index contributed by atoms with van der Waals surface area (Å²) >= 11 is 0. The first-order chi connectivity index (χ1) is 11.0. The van der Waals surface area contributed by atoms with Crippen LogP contribution in [0.3, 0.4) is 0 Å². The van der Waals surface area contributed by atoms with Crippen molar-refractivity contribution < 1.29 is 8.42 Å². The van der Waals surface area contributed by atoms with Crippen LogP contribution >= 0.6 is 0 Å². The van der Waals surface area contributed by atoms with E-state index in [0.717, 1.165) is 17.5 Å². The summed E-state index contributed by atoms with van der Waals surface area (Å²) in [4.78, 5) is 4.46. The first-order valence-corrected chi connectivity index (χ1v) is 8.78. The Kier molecular flexibility index (Phi) is 4.14. The molecular formula is C16H18N4O2S. The molecule has 23 heavy (non-hydrogen) atoms. The highest BCUT2D eigenvalue weighted by Crippen LogP contribution is 2.24. The van der Waals surface area contributed by atoms with Crippen molar-refractivity contribution in [1.82, 2.24) is 19.1 Å². The molecule has 1 aromatic carbocycles. The Morgan fingerprint density at radius 3 is 2.74 bits per heavy atom. The average Bonchev–Trinajstić information content (AvgIpc) is 3.01. The van der Waals surface area contributed by atoms with E-state index in [1.165, 1.54) is 4.31 Å². The zero-order chi connectivity index (χ0) is 16.4. The van der Waals surface area contributed by atoms with Crippen LogP contribution in [-0.2, 0) is 23.1 Å². The van der Waals surface area contributed by atoms with Crippen LogP contribution in [0.4, 0.5) is 0 Å². The lowest BCUT2D eigenvalue weighted by Crippen LogP contribution is -2.26. The summed E-state index contributed by atoms with van der Waals surface area (Å²) in [6, 6.07) is 8.83. The molecule has 0 bridgehead atoms. The standard InChI is InChI=1S/C16H18N4O2S/c1-3-20-12-13(10-18-20)11-19(2)23(21,22)15-8-4-6-14-7-5-9-17-16(14)15/h4-10,12H,3,11H2,1-2H3. The minimum atomic E-state index is -3.63. The molecule has 0 unspecified atom stereocenters. The van der Waals surface area contributed by atoms with Gasteiger partial charge in [0.2, 0.25) is 10.0 Å². The van der Waals surface area contributed by atoms with E-state index >= 15 is 0 Å². The second-order valence-electron chi connectivity index (χ2n) is 5.30. The molecule has 0 atom stereocenters. The van der Waals surface area contributed by atoms with Crippen LogP contribution in [0.2, 0.25) is 0 Å². The molecule has 0 aliphatic rings. The predicted octanol–water partition coefficient (Wildman–Crippen LogP) is 2.27. The Morgan fingerprint density at radius 1 is 1.22 bits per heavy atom. The van der Waals surface area contributed by atoms with Crippen molar-refractivity contribution in [1.29, 1.82) is 0 Å². The largest absolute Gasteiger partial charge is 0.273 e. The first-order valence-electron chi connectivity index (χ1n) is 7.34. The summed E-state index contributed by atoms with van der Waals surface area (Å²) in [6.45, 7) is 3.01. The van der Waals surface area contributed by atoms with E-state index in [-0.39, 0.29) is 11.4 Å². The zero-order valence-corrected chi connectivity index (χ0v) is 13.9. The van der Waals surface area contributed by atoms with Crippen LogP contribution in [0.5, 0.6) is 0 Å². The molecule has 0 N–H and O–H groups in total. The van der Waals surface area contributed by atoms with Gasteiger partial charge in [0.1, 0.15) is 4.90 Å². The fraction of sp³-hybridized carbons (Fsp3) is 0.250. The van der Waals surface area contributed by atoms with Crippen molar-refractivity contribution in [3.05, 3.63) is 54.5 Å². The maximum absolute atomic E-state index is 12.9. The summed E-state index contributed by atoms with van der Waals surface area (Å²) in [7, 11) is -2.06. The second kappa shape index (κ2) is 6.10. The number of pyridine rings is 1. The van der Waals surface area contributed by atoms with Gasteiger partial charge >= 0.3 is 0 Å². The van der Waals surface area contributed by atoms with Crippen molar-refractivity contribution in [3.63, 3.8) is 0 Å². The van der Waals surface area contributed by atoms with Crippen LogP contribution in [-0.4, -0.2) is 34.5 Å². The maximum Gasteiger partial charge on any atom is 0.245 e. The van der Waals surface area contributed by atoms with Gasteiger partial charge in [-0.15, -0.1) is 0 Å². The van der Waals surface area contributed by atoms with Crippen LogP contribution < -0.4 is 0 Å². The molecule has 0 amide bonds. The lowest BCUT2D eigenvalue weighted by Gasteiger charge is -2.17. The van der Waals surface area contributed by atoms with Crippen molar-refractivity contribution in [2.45, 2.75) is 24.9 Å². The third-order valence-electron chi connectivity index (χ3n) is 3.70. The van der Waals surface area contributed by atoms with Crippen LogP contribution in [0, 0.1) is 0 Å². The number of hydrogen-bond acceptors (Lipinski definition) is 4. The lowest BCUT2D eigenvalue weighted by atomic mass is 10.2. The van der Waals surface area contributed by atoms with Crippen molar-refractivity contribution in [2.24, 2.45) is 0 Å². The molecule has 6 nitrogen and oxygen atoms in total. The highest BCUT2D eigenvalue weighted by molar-refractivity contribution is 7.89. The Balaban J connectivity index is 1.96.